The van der Waals surface area contributed by atoms with Crippen LogP contribution >= 0.6 is 23.1 Å². The van der Waals surface area contributed by atoms with Crippen molar-refractivity contribution in [1.29, 1.82) is 0 Å². The molecule has 1 fully saturated rings. The third-order valence-electron chi connectivity index (χ3n) is 3.36. The zero-order valence-corrected chi connectivity index (χ0v) is 14.2. The van der Waals surface area contributed by atoms with Gasteiger partial charge in [-0.25, -0.2) is 4.98 Å². The zero-order chi connectivity index (χ0) is 13.9. The summed E-state index contributed by atoms with van der Waals surface area (Å²) in [4.78, 5) is 4.89. The van der Waals surface area contributed by atoms with Gasteiger partial charge in [-0.15, -0.1) is 11.3 Å². The Balaban J connectivity index is 2.01. The molecular weight excluding hydrogens is 272 g/mol. The maximum absolute atomic E-state index is 4.89. The summed E-state index contributed by atoms with van der Waals surface area (Å²) in [7, 11) is 0. The van der Waals surface area contributed by atoms with Gasteiger partial charge in [0.1, 0.15) is 5.01 Å². The van der Waals surface area contributed by atoms with Gasteiger partial charge in [0.05, 0.1) is 11.7 Å². The summed E-state index contributed by atoms with van der Waals surface area (Å²) in [6.45, 7) is 8.95. The highest BCUT2D eigenvalue weighted by molar-refractivity contribution is 7.99. The lowest BCUT2D eigenvalue weighted by Gasteiger charge is -2.17. The third-order valence-corrected chi connectivity index (χ3v) is 5.25. The van der Waals surface area contributed by atoms with Crippen molar-refractivity contribution in [2.75, 3.05) is 11.5 Å². The van der Waals surface area contributed by atoms with Crippen molar-refractivity contribution >= 4 is 23.1 Å². The zero-order valence-electron chi connectivity index (χ0n) is 12.5. The summed E-state index contributed by atoms with van der Waals surface area (Å²) in [5, 5.41) is 7.29. The molecule has 1 heterocycles. The fourth-order valence-corrected chi connectivity index (χ4v) is 3.78. The van der Waals surface area contributed by atoms with Crippen LogP contribution < -0.4 is 5.32 Å². The molecule has 0 aliphatic heterocycles. The van der Waals surface area contributed by atoms with Crippen LogP contribution in [0.5, 0.6) is 0 Å². The van der Waals surface area contributed by atoms with Gasteiger partial charge >= 0.3 is 0 Å². The van der Waals surface area contributed by atoms with Crippen LogP contribution in [0.1, 0.15) is 63.7 Å². The first-order valence-corrected chi connectivity index (χ1v) is 9.34. The van der Waals surface area contributed by atoms with Crippen molar-refractivity contribution in [1.82, 2.24) is 10.3 Å². The second-order valence-corrected chi connectivity index (χ2v) is 8.58. The molecule has 1 atom stereocenters. The predicted octanol–water partition coefficient (Wildman–Crippen LogP) is 4.38. The van der Waals surface area contributed by atoms with Gasteiger partial charge in [-0.2, -0.15) is 11.8 Å². The molecule has 1 aromatic rings. The van der Waals surface area contributed by atoms with Crippen molar-refractivity contribution in [2.45, 2.75) is 64.5 Å². The molecule has 108 valence electrons. The highest BCUT2D eigenvalue weighted by Crippen LogP contribution is 2.31. The number of hydrogen-bond donors (Lipinski definition) is 1. The van der Waals surface area contributed by atoms with Crippen molar-refractivity contribution in [2.24, 2.45) is 0 Å². The first-order chi connectivity index (χ1) is 9.00. The second kappa shape index (κ2) is 6.59. The summed E-state index contributed by atoms with van der Waals surface area (Å²) in [5.41, 5.74) is 1.40. The minimum absolute atomic E-state index is 0.164. The average Bonchev–Trinajstić information content (AvgIpc) is 3.00. The van der Waals surface area contributed by atoms with Crippen LogP contribution in [0.15, 0.2) is 5.38 Å². The fraction of sp³-hybridized carbons (Fsp3) is 0.800. The average molecular weight is 299 g/mol. The minimum atomic E-state index is 0.164. The van der Waals surface area contributed by atoms with Crippen LogP contribution in [0.3, 0.4) is 0 Å². The van der Waals surface area contributed by atoms with Gasteiger partial charge in [0.25, 0.3) is 0 Å². The number of rotatable bonds is 7. The molecular formula is C15H26N2S2. The quantitative estimate of drug-likeness (QED) is 0.756. The van der Waals surface area contributed by atoms with E-state index in [-0.39, 0.29) is 5.41 Å². The van der Waals surface area contributed by atoms with Crippen LogP contribution in [0.4, 0.5) is 0 Å². The Labute approximate surface area is 125 Å². The Hall–Kier alpha value is -0.0600. The third kappa shape index (κ3) is 4.76. The fourth-order valence-electron chi connectivity index (χ4n) is 1.95. The molecule has 4 heteroatoms. The molecule has 0 spiro atoms. The van der Waals surface area contributed by atoms with Gasteiger partial charge in [-0.05, 0) is 30.8 Å². The first kappa shape index (κ1) is 15.3. The summed E-state index contributed by atoms with van der Waals surface area (Å²) in [5.74, 6) is 2.44. The maximum Gasteiger partial charge on any atom is 0.110 e. The van der Waals surface area contributed by atoms with Crippen LogP contribution in [0.2, 0.25) is 0 Å². The van der Waals surface area contributed by atoms with Crippen molar-refractivity contribution < 1.29 is 0 Å². The Morgan fingerprint density at radius 1 is 1.47 bits per heavy atom. The lowest BCUT2D eigenvalue weighted by molar-refractivity contribution is 0.508. The van der Waals surface area contributed by atoms with E-state index < -0.39 is 0 Å². The minimum Gasteiger partial charge on any atom is -0.305 e. The van der Waals surface area contributed by atoms with Crippen molar-refractivity contribution in [3.63, 3.8) is 0 Å². The summed E-state index contributed by atoms with van der Waals surface area (Å²) >= 11 is 3.86. The van der Waals surface area contributed by atoms with Gasteiger partial charge in [-0.1, -0.05) is 27.7 Å². The van der Waals surface area contributed by atoms with Crippen molar-refractivity contribution in [3.8, 4) is 0 Å². The van der Waals surface area contributed by atoms with Crippen LogP contribution in [0.25, 0.3) is 0 Å². The van der Waals surface area contributed by atoms with Gasteiger partial charge in [0.2, 0.25) is 0 Å². The molecule has 0 radical (unpaired) electrons. The molecule has 0 aromatic carbocycles. The number of nitrogens with one attached hydrogen (secondary N) is 1. The van der Waals surface area contributed by atoms with E-state index >= 15 is 0 Å². The SMILES string of the molecule is CCSCCC(NC1CC1)c1nc(C(C)(C)C)cs1. The lowest BCUT2D eigenvalue weighted by Crippen LogP contribution is -2.24. The van der Waals surface area contributed by atoms with Crippen LogP contribution in [0, 0.1) is 0 Å². The Bertz CT molecular complexity index is 391. The standard InChI is InChI=1S/C15H26N2S2/c1-5-18-9-8-12(16-11-6-7-11)14-17-13(10-19-14)15(2,3)4/h10-12,16H,5-9H2,1-4H3. The van der Waals surface area contributed by atoms with E-state index in [9.17, 15) is 0 Å². The van der Waals surface area contributed by atoms with E-state index in [4.69, 9.17) is 4.98 Å². The van der Waals surface area contributed by atoms with E-state index in [2.05, 4.69) is 38.4 Å². The Kier molecular flexibility index (Phi) is 5.32. The predicted molar refractivity (Wildman–Crippen MR) is 87.3 cm³/mol. The number of thioether (sulfide) groups is 1. The van der Waals surface area contributed by atoms with E-state index in [0.29, 0.717) is 6.04 Å². The molecule has 0 saturated heterocycles. The molecule has 2 nitrogen and oxygen atoms in total. The lowest BCUT2D eigenvalue weighted by atomic mass is 9.93. The monoisotopic (exact) mass is 298 g/mol. The van der Waals surface area contributed by atoms with E-state index in [1.165, 1.54) is 41.5 Å². The van der Waals surface area contributed by atoms with Crippen molar-refractivity contribution in [3.05, 3.63) is 16.1 Å². The normalized spacial score (nSPS) is 17.7. The molecule has 0 amide bonds. The topological polar surface area (TPSA) is 24.9 Å². The van der Waals surface area contributed by atoms with Gasteiger partial charge < -0.3 is 5.32 Å². The molecule has 2 rings (SSSR count). The molecule has 0 bridgehead atoms. The Morgan fingerprint density at radius 3 is 2.74 bits per heavy atom. The molecule has 1 aromatic heterocycles. The van der Waals surface area contributed by atoms with E-state index in [1.54, 1.807) is 0 Å². The molecule has 1 aliphatic carbocycles. The highest BCUT2D eigenvalue weighted by Gasteiger charge is 2.27. The highest BCUT2D eigenvalue weighted by atomic mass is 32.2. The first-order valence-electron chi connectivity index (χ1n) is 7.30. The number of hydrogen-bond acceptors (Lipinski definition) is 4. The summed E-state index contributed by atoms with van der Waals surface area (Å²) in [6, 6.07) is 1.21. The molecule has 1 N–H and O–H groups in total. The second-order valence-electron chi connectivity index (χ2n) is 6.30. The van der Waals surface area contributed by atoms with E-state index in [0.717, 1.165) is 6.04 Å². The maximum atomic E-state index is 4.89. The van der Waals surface area contributed by atoms with Gasteiger partial charge in [-0.3, -0.25) is 0 Å². The van der Waals surface area contributed by atoms with Crippen LogP contribution in [-0.4, -0.2) is 22.5 Å². The van der Waals surface area contributed by atoms with Gasteiger partial charge in [0, 0.05) is 16.8 Å². The Morgan fingerprint density at radius 2 is 2.21 bits per heavy atom. The summed E-state index contributed by atoms with van der Waals surface area (Å²) in [6.07, 6.45) is 3.88. The number of nitrogens with zero attached hydrogens (tertiary/aromatic N) is 1. The molecule has 1 saturated carbocycles. The molecule has 1 unspecified atom stereocenters. The smallest absolute Gasteiger partial charge is 0.110 e. The largest absolute Gasteiger partial charge is 0.305 e. The van der Waals surface area contributed by atoms with E-state index in [1.807, 2.05) is 23.1 Å². The molecule has 1 aliphatic rings. The van der Waals surface area contributed by atoms with Crippen LogP contribution in [-0.2, 0) is 5.41 Å². The molecule has 19 heavy (non-hydrogen) atoms. The van der Waals surface area contributed by atoms with Gasteiger partial charge in [0.15, 0.2) is 0 Å². The number of thiazole rings is 1. The summed E-state index contributed by atoms with van der Waals surface area (Å²) < 4.78 is 0. The number of aromatic nitrogens is 1.